The number of rotatable bonds is 3. The van der Waals surface area contributed by atoms with E-state index in [1.165, 1.54) is 12.1 Å². The van der Waals surface area contributed by atoms with Gasteiger partial charge in [-0.2, -0.15) is 0 Å². The summed E-state index contributed by atoms with van der Waals surface area (Å²) in [6.07, 6.45) is 4.42. The molecule has 1 atom stereocenters. The van der Waals surface area contributed by atoms with E-state index in [1.54, 1.807) is 41.7 Å². The van der Waals surface area contributed by atoms with Gasteiger partial charge in [-0.25, -0.2) is 12.8 Å². The molecule has 0 aromatic heterocycles. The van der Waals surface area contributed by atoms with Crippen molar-refractivity contribution in [2.75, 3.05) is 11.4 Å². The number of hydrogen-bond donors (Lipinski definition) is 0. The summed E-state index contributed by atoms with van der Waals surface area (Å²) in [5, 5.41) is 0. The van der Waals surface area contributed by atoms with Crippen molar-refractivity contribution >= 4 is 15.7 Å². The fourth-order valence-corrected chi connectivity index (χ4v) is 6.68. The summed E-state index contributed by atoms with van der Waals surface area (Å²) < 4.78 is 48.0. The standard InChI is InChI=1S/C21H24FNO3S/c1-15-14-21(11-3-4-12-21)23(20-10-5-16(22)13-19(15)20)27(24,25)18-8-6-17(26-2)7-9-18/h5-10,13,15H,3-4,11-12,14H2,1-2H3. The first-order chi connectivity index (χ1) is 12.9. The lowest BCUT2D eigenvalue weighted by molar-refractivity contribution is 0.360. The smallest absolute Gasteiger partial charge is 0.264 e. The van der Waals surface area contributed by atoms with Gasteiger partial charge in [0.2, 0.25) is 0 Å². The molecule has 0 N–H and O–H groups in total. The number of fused-ring (bicyclic) bond motifs is 1. The SMILES string of the molecule is COc1ccc(S(=O)(=O)N2c3ccc(F)cc3C(C)CC23CCCC3)cc1. The average molecular weight is 389 g/mol. The molecule has 1 aliphatic carbocycles. The second kappa shape index (κ2) is 6.51. The molecule has 4 nitrogen and oxygen atoms in total. The zero-order valence-electron chi connectivity index (χ0n) is 15.6. The van der Waals surface area contributed by atoms with Crippen molar-refractivity contribution in [3.8, 4) is 5.75 Å². The Hall–Kier alpha value is -2.08. The lowest BCUT2D eigenvalue weighted by atomic mass is 9.78. The van der Waals surface area contributed by atoms with E-state index in [0.717, 1.165) is 37.7 Å². The number of benzene rings is 2. The molecule has 1 fully saturated rings. The lowest BCUT2D eigenvalue weighted by Crippen LogP contribution is -2.53. The Bertz CT molecular complexity index is 950. The van der Waals surface area contributed by atoms with Crippen molar-refractivity contribution in [3.63, 3.8) is 0 Å². The van der Waals surface area contributed by atoms with Gasteiger partial charge in [0.05, 0.1) is 23.2 Å². The number of nitrogens with zero attached hydrogens (tertiary/aromatic N) is 1. The normalized spacial score (nSPS) is 21.3. The Morgan fingerprint density at radius 1 is 1.11 bits per heavy atom. The lowest BCUT2D eigenvalue weighted by Gasteiger charge is -2.48. The molecule has 27 heavy (non-hydrogen) atoms. The Labute approximate surface area is 160 Å². The Balaban J connectivity index is 1.90. The molecule has 1 saturated carbocycles. The average Bonchev–Trinajstić information content (AvgIpc) is 3.10. The van der Waals surface area contributed by atoms with E-state index < -0.39 is 15.6 Å². The van der Waals surface area contributed by atoms with E-state index in [-0.39, 0.29) is 16.6 Å². The van der Waals surface area contributed by atoms with E-state index in [4.69, 9.17) is 4.74 Å². The molecule has 1 unspecified atom stereocenters. The minimum atomic E-state index is -3.77. The molecular formula is C21H24FNO3S. The summed E-state index contributed by atoms with van der Waals surface area (Å²) in [7, 11) is -2.22. The fraction of sp³-hybridized carbons (Fsp3) is 0.429. The van der Waals surface area contributed by atoms with Crippen LogP contribution in [0.2, 0.25) is 0 Å². The highest BCUT2D eigenvalue weighted by molar-refractivity contribution is 7.93. The van der Waals surface area contributed by atoms with E-state index >= 15 is 0 Å². The van der Waals surface area contributed by atoms with Crippen LogP contribution in [-0.2, 0) is 10.0 Å². The van der Waals surface area contributed by atoms with Gasteiger partial charge in [0, 0.05) is 0 Å². The molecule has 0 radical (unpaired) electrons. The van der Waals surface area contributed by atoms with Gasteiger partial charge in [-0.3, -0.25) is 4.31 Å². The van der Waals surface area contributed by atoms with Gasteiger partial charge in [-0.15, -0.1) is 0 Å². The number of hydrogen-bond acceptors (Lipinski definition) is 3. The van der Waals surface area contributed by atoms with Gasteiger partial charge in [0.1, 0.15) is 11.6 Å². The topological polar surface area (TPSA) is 46.6 Å². The Kier molecular flexibility index (Phi) is 4.41. The van der Waals surface area contributed by atoms with Crippen molar-refractivity contribution in [3.05, 3.63) is 53.8 Å². The van der Waals surface area contributed by atoms with Gasteiger partial charge in [0.15, 0.2) is 0 Å². The van der Waals surface area contributed by atoms with Crippen molar-refractivity contribution < 1.29 is 17.5 Å². The summed E-state index contributed by atoms with van der Waals surface area (Å²) in [5.41, 5.74) is 0.959. The van der Waals surface area contributed by atoms with E-state index in [1.807, 2.05) is 0 Å². The van der Waals surface area contributed by atoms with Crippen LogP contribution in [0.15, 0.2) is 47.4 Å². The minimum absolute atomic E-state index is 0.121. The third-order valence-electron chi connectivity index (χ3n) is 5.99. The molecule has 6 heteroatoms. The van der Waals surface area contributed by atoms with Gasteiger partial charge >= 0.3 is 0 Å². The van der Waals surface area contributed by atoms with E-state index in [0.29, 0.717) is 11.4 Å². The molecular weight excluding hydrogens is 365 g/mol. The number of methoxy groups -OCH3 is 1. The summed E-state index contributed by atoms with van der Waals surface area (Å²) in [6, 6.07) is 10.9. The van der Waals surface area contributed by atoms with Crippen LogP contribution in [-0.4, -0.2) is 21.1 Å². The Morgan fingerprint density at radius 3 is 2.41 bits per heavy atom. The van der Waals surface area contributed by atoms with E-state index in [2.05, 4.69) is 6.92 Å². The van der Waals surface area contributed by atoms with Crippen LogP contribution in [0.1, 0.15) is 50.5 Å². The zero-order chi connectivity index (χ0) is 19.2. The van der Waals surface area contributed by atoms with Crippen LogP contribution < -0.4 is 9.04 Å². The minimum Gasteiger partial charge on any atom is -0.497 e. The molecule has 0 amide bonds. The molecule has 2 aliphatic rings. The van der Waals surface area contributed by atoms with Crippen LogP contribution >= 0.6 is 0 Å². The predicted octanol–water partition coefficient (Wildman–Crippen LogP) is 4.85. The number of ether oxygens (including phenoxy) is 1. The summed E-state index contributed by atoms with van der Waals surface area (Å²) in [6.45, 7) is 2.07. The van der Waals surface area contributed by atoms with Crippen molar-refractivity contribution in [2.24, 2.45) is 0 Å². The molecule has 0 bridgehead atoms. The van der Waals surface area contributed by atoms with Crippen molar-refractivity contribution in [1.29, 1.82) is 0 Å². The van der Waals surface area contributed by atoms with Crippen molar-refractivity contribution in [2.45, 2.75) is 55.4 Å². The largest absolute Gasteiger partial charge is 0.497 e. The highest BCUT2D eigenvalue weighted by Gasteiger charge is 2.50. The second-order valence-electron chi connectivity index (χ2n) is 7.68. The van der Waals surface area contributed by atoms with Crippen LogP contribution in [0.3, 0.4) is 0 Å². The second-order valence-corrected chi connectivity index (χ2v) is 9.47. The maximum atomic E-state index is 13.9. The highest BCUT2D eigenvalue weighted by atomic mass is 32.2. The molecule has 144 valence electrons. The molecule has 2 aromatic rings. The summed E-state index contributed by atoms with van der Waals surface area (Å²) in [5.74, 6) is 0.403. The van der Waals surface area contributed by atoms with Crippen LogP contribution in [0.4, 0.5) is 10.1 Å². The number of halogens is 1. The summed E-state index contributed by atoms with van der Waals surface area (Å²) >= 11 is 0. The first kappa shape index (κ1) is 18.3. The molecule has 0 saturated heterocycles. The quantitative estimate of drug-likeness (QED) is 0.754. The van der Waals surface area contributed by atoms with Gasteiger partial charge in [0.25, 0.3) is 10.0 Å². The van der Waals surface area contributed by atoms with Crippen LogP contribution in [0.25, 0.3) is 0 Å². The van der Waals surface area contributed by atoms with Gasteiger partial charge < -0.3 is 4.74 Å². The van der Waals surface area contributed by atoms with Crippen LogP contribution in [0, 0.1) is 5.82 Å². The monoisotopic (exact) mass is 389 g/mol. The molecule has 2 aromatic carbocycles. The maximum absolute atomic E-state index is 13.9. The third-order valence-corrected chi connectivity index (χ3v) is 7.92. The third kappa shape index (κ3) is 2.90. The fourth-order valence-electron chi connectivity index (χ4n) is 4.80. The highest BCUT2D eigenvalue weighted by Crippen LogP contribution is 2.52. The molecule has 1 spiro atoms. The van der Waals surface area contributed by atoms with Gasteiger partial charge in [-0.05, 0) is 73.2 Å². The first-order valence-electron chi connectivity index (χ1n) is 9.36. The van der Waals surface area contributed by atoms with Crippen LogP contribution in [0.5, 0.6) is 5.75 Å². The zero-order valence-corrected chi connectivity index (χ0v) is 16.4. The van der Waals surface area contributed by atoms with Gasteiger partial charge in [-0.1, -0.05) is 19.8 Å². The van der Waals surface area contributed by atoms with E-state index in [9.17, 15) is 12.8 Å². The maximum Gasteiger partial charge on any atom is 0.264 e. The molecule has 1 aliphatic heterocycles. The van der Waals surface area contributed by atoms with Crippen molar-refractivity contribution in [1.82, 2.24) is 0 Å². The first-order valence-corrected chi connectivity index (χ1v) is 10.8. The Morgan fingerprint density at radius 2 is 1.78 bits per heavy atom. The molecule has 4 rings (SSSR count). The summed E-state index contributed by atoms with van der Waals surface area (Å²) in [4.78, 5) is 0.236. The predicted molar refractivity (Wildman–Crippen MR) is 103 cm³/mol. The number of anilines is 1. The molecule has 1 heterocycles. The number of sulfonamides is 1.